The number of aliphatic hydroxyl groups excluding tert-OH is 1. The molecular weight excluding hydrogens is 348 g/mol. The van der Waals surface area contributed by atoms with Gasteiger partial charge in [0.25, 0.3) is 5.91 Å². The molecule has 2 N–H and O–H groups in total. The molecule has 0 unspecified atom stereocenters. The summed E-state index contributed by atoms with van der Waals surface area (Å²) in [4.78, 5) is 32.4. The second-order valence-electron chi connectivity index (χ2n) is 8.15. The maximum absolute atomic E-state index is 12.1. The lowest BCUT2D eigenvalue weighted by Crippen LogP contribution is -2.50. The van der Waals surface area contributed by atoms with Gasteiger partial charge in [-0.3, -0.25) is 4.79 Å². The average Bonchev–Trinajstić information content (AvgIpc) is 2.59. The minimum Gasteiger partial charge on any atom is -0.444 e. The number of piperazine rings is 1. The molecule has 8 heteroatoms. The molecule has 8 nitrogen and oxygen atoms in total. The van der Waals surface area contributed by atoms with Gasteiger partial charge in [0.05, 0.1) is 18.0 Å². The van der Waals surface area contributed by atoms with Gasteiger partial charge >= 0.3 is 6.09 Å². The molecule has 2 fully saturated rings. The Labute approximate surface area is 159 Å². The van der Waals surface area contributed by atoms with E-state index in [1.165, 1.54) is 0 Å². The molecule has 1 aliphatic carbocycles. The summed E-state index contributed by atoms with van der Waals surface area (Å²) in [6.07, 6.45) is 2.31. The fourth-order valence-electron chi connectivity index (χ4n) is 3.15. The van der Waals surface area contributed by atoms with Crippen LogP contribution in [0.3, 0.4) is 0 Å². The van der Waals surface area contributed by atoms with Crippen molar-refractivity contribution < 1.29 is 19.4 Å². The first-order chi connectivity index (χ1) is 12.7. The quantitative estimate of drug-likeness (QED) is 0.828. The molecule has 1 aliphatic heterocycles. The van der Waals surface area contributed by atoms with Crippen molar-refractivity contribution in [1.29, 1.82) is 0 Å². The second-order valence-corrected chi connectivity index (χ2v) is 8.15. The van der Waals surface area contributed by atoms with E-state index in [0.29, 0.717) is 44.7 Å². The number of aromatic nitrogens is 1. The van der Waals surface area contributed by atoms with Gasteiger partial charge in [-0.2, -0.15) is 0 Å². The van der Waals surface area contributed by atoms with Gasteiger partial charge in [0, 0.05) is 32.2 Å². The maximum atomic E-state index is 12.1. The molecule has 2 aliphatic rings. The molecule has 0 atom stereocenters. The third kappa shape index (κ3) is 5.09. The second kappa shape index (κ2) is 7.72. The third-order valence-electron chi connectivity index (χ3n) is 4.73. The van der Waals surface area contributed by atoms with Crippen molar-refractivity contribution in [2.75, 3.05) is 31.1 Å². The molecule has 0 spiro atoms. The van der Waals surface area contributed by atoms with Crippen LogP contribution in [0.15, 0.2) is 18.3 Å². The zero-order valence-electron chi connectivity index (χ0n) is 16.1. The van der Waals surface area contributed by atoms with Gasteiger partial charge in [-0.25, -0.2) is 9.78 Å². The standard InChI is InChI=1S/C19H28N4O4/c1-19(2,3)27-18(26)23-8-6-22(7-9-23)14-4-5-16(20-12-14)17(25)21-13-10-15(24)11-13/h4-5,12-13,15,24H,6-11H2,1-3H3,(H,21,25). The Morgan fingerprint density at radius 2 is 1.85 bits per heavy atom. The van der Waals surface area contributed by atoms with Crippen LogP contribution < -0.4 is 10.2 Å². The predicted molar refractivity (Wildman–Crippen MR) is 101 cm³/mol. The molecule has 1 saturated heterocycles. The van der Waals surface area contributed by atoms with Crippen LogP contribution in [0.5, 0.6) is 0 Å². The maximum Gasteiger partial charge on any atom is 0.410 e. The summed E-state index contributed by atoms with van der Waals surface area (Å²) < 4.78 is 5.41. The molecule has 2 amide bonds. The Morgan fingerprint density at radius 3 is 2.37 bits per heavy atom. The van der Waals surface area contributed by atoms with Gasteiger partial charge in [0.2, 0.25) is 0 Å². The van der Waals surface area contributed by atoms with Crippen molar-refractivity contribution in [2.24, 2.45) is 0 Å². The van der Waals surface area contributed by atoms with E-state index < -0.39 is 5.60 Å². The summed E-state index contributed by atoms with van der Waals surface area (Å²) in [5, 5.41) is 12.2. The molecule has 1 aromatic heterocycles. The molecule has 0 bridgehead atoms. The molecule has 27 heavy (non-hydrogen) atoms. The Morgan fingerprint density at radius 1 is 1.19 bits per heavy atom. The van der Waals surface area contributed by atoms with E-state index in [4.69, 9.17) is 4.74 Å². The molecule has 0 radical (unpaired) electrons. The van der Waals surface area contributed by atoms with Crippen molar-refractivity contribution in [3.05, 3.63) is 24.0 Å². The molecule has 0 aromatic carbocycles. The van der Waals surface area contributed by atoms with Crippen LogP contribution in [-0.2, 0) is 4.74 Å². The monoisotopic (exact) mass is 376 g/mol. The minimum absolute atomic E-state index is 0.0370. The van der Waals surface area contributed by atoms with Crippen LogP contribution in [0.4, 0.5) is 10.5 Å². The van der Waals surface area contributed by atoms with Crippen molar-refractivity contribution in [1.82, 2.24) is 15.2 Å². The summed E-state index contributed by atoms with van der Waals surface area (Å²) in [6, 6.07) is 3.62. The van der Waals surface area contributed by atoms with Crippen LogP contribution >= 0.6 is 0 Å². The molecule has 3 rings (SSSR count). The number of nitrogens with one attached hydrogen (secondary N) is 1. The number of anilines is 1. The van der Waals surface area contributed by atoms with Gasteiger partial charge in [-0.1, -0.05) is 0 Å². The lowest BCUT2D eigenvalue weighted by molar-refractivity contribution is 0.0240. The Hall–Kier alpha value is -2.35. The minimum atomic E-state index is -0.494. The highest BCUT2D eigenvalue weighted by Crippen LogP contribution is 2.20. The summed E-state index contributed by atoms with van der Waals surface area (Å²) in [5.41, 5.74) is 0.800. The van der Waals surface area contributed by atoms with Crippen LogP contribution in [0.2, 0.25) is 0 Å². The number of pyridine rings is 1. The van der Waals surface area contributed by atoms with E-state index >= 15 is 0 Å². The molecular formula is C19H28N4O4. The Kier molecular flexibility index (Phi) is 5.55. The zero-order valence-corrected chi connectivity index (χ0v) is 16.1. The SMILES string of the molecule is CC(C)(C)OC(=O)N1CCN(c2ccc(C(=O)NC3CC(O)C3)nc2)CC1. The number of hydrogen-bond acceptors (Lipinski definition) is 6. The highest BCUT2D eigenvalue weighted by atomic mass is 16.6. The molecule has 1 saturated carbocycles. The van der Waals surface area contributed by atoms with Gasteiger partial charge in [-0.15, -0.1) is 0 Å². The predicted octanol–water partition coefficient (Wildman–Crippen LogP) is 1.39. The van der Waals surface area contributed by atoms with Crippen LogP contribution in [0.1, 0.15) is 44.1 Å². The van der Waals surface area contributed by atoms with Gasteiger partial charge in [0.1, 0.15) is 11.3 Å². The molecule has 2 heterocycles. The van der Waals surface area contributed by atoms with Crippen LogP contribution in [0.25, 0.3) is 0 Å². The van der Waals surface area contributed by atoms with Gasteiger partial charge < -0.3 is 25.0 Å². The topological polar surface area (TPSA) is 95.0 Å². The highest BCUT2D eigenvalue weighted by Gasteiger charge is 2.29. The normalized spacial score (nSPS) is 22.8. The van der Waals surface area contributed by atoms with Gasteiger partial charge in [0.15, 0.2) is 0 Å². The largest absolute Gasteiger partial charge is 0.444 e. The van der Waals surface area contributed by atoms with E-state index in [1.54, 1.807) is 17.2 Å². The third-order valence-corrected chi connectivity index (χ3v) is 4.73. The number of carbonyl (C=O) groups is 2. The highest BCUT2D eigenvalue weighted by molar-refractivity contribution is 5.92. The summed E-state index contributed by atoms with van der Waals surface area (Å²) in [7, 11) is 0. The number of hydrogen-bond donors (Lipinski definition) is 2. The fraction of sp³-hybridized carbons (Fsp3) is 0.632. The number of amides is 2. The summed E-state index contributed by atoms with van der Waals surface area (Å²) >= 11 is 0. The Bertz CT molecular complexity index is 672. The van der Waals surface area contributed by atoms with E-state index in [9.17, 15) is 14.7 Å². The molecule has 148 valence electrons. The van der Waals surface area contributed by atoms with Crippen LogP contribution in [-0.4, -0.2) is 70.9 Å². The van der Waals surface area contributed by atoms with E-state index in [0.717, 1.165) is 5.69 Å². The lowest BCUT2D eigenvalue weighted by Gasteiger charge is -2.36. The van der Waals surface area contributed by atoms with Crippen molar-refractivity contribution in [2.45, 2.75) is 51.4 Å². The van der Waals surface area contributed by atoms with E-state index in [1.807, 2.05) is 26.8 Å². The van der Waals surface area contributed by atoms with Crippen molar-refractivity contribution in [3.8, 4) is 0 Å². The van der Waals surface area contributed by atoms with E-state index in [2.05, 4.69) is 15.2 Å². The van der Waals surface area contributed by atoms with Crippen molar-refractivity contribution in [3.63, 3.8) is 0 Å². The smallest absolute Gasteiger partial charge is 0.410 e. The summed E-state index contributed by atoms with van der Waals surface area (Å²) in [6.45, 7) is 8.12. The first-order valence-corrected chi connectivity index (χ1v) is 9.39. The van der Waals surface area contributed by atoms with Crippen molar-refractivity contribution >= 4 is 17.7 Å². The zero-order chi connectivity index (χ0) is 19.6. The number of nitrogens with zero attached hydrogens (tertiary/aromatic N) is 3. The number of ether oxygens (including phenoxy) is 1. The lowest BCUT2D eigenvalue weighted by atomic mass is 9.89. The first kappa shape index (κ1) is 19.4. The summed E-state index contributed by atoms with van der Waals surface area (Å²) in [5.74, 6) is -0.215. The fourth-order valence-corrected chi connectivity index (χ4v) is 3.15. The molecule has 1 aromatic rings. The number of rotatable bonds is 3. The van der Waals surface area contributed by atoms with Crippen LogP contribution in [0, 0.1) is 0 Å². The Balaban J connectivity index is 1.50. The number of aliphatic hydroxyl groups is 1. The van der Waals surface area contributed by atoms with E-state index in [-0.39, 0.29) is 24.1 Å². The number of carbonyl (C=O) groups excluding carboxylic acids is 2. The average molecular weight is 376 g/mol. The van der Waals surface area contributed by atoms with Gasteiger partial charge in [-0.05, 0) is 45.7 Å². The first-order valence-electron chi connectivity index (χ1n) is 9.39.